The lowest BCUT2D eigenvalue weighted by atomic mass is 10.1. The molecule has 0 amide bonds. The predicted molar refractivity (Wildman–Crippen MR) is 82.0 cm³/mol. The van der Waals surface area contributed by atoms with Gasteiger partial charge in [-0.1, -0.05) is 6.07 Å². The minimum atomic E-state index is 0.286. The van der Waals surface area contributed by atoms with Gasteiger partial charge >= 0.3 is 0 Å². The summed E-state index contributed by atoms with van der Waals surface area (Å²) in [7, 11) is 2.02. The molecule has 0 aliphatic carbocycles. The third-order valence-electron chi connectivity index (χ3n) is 3.18. The number of pyridine rings is 1. The van der Waals surface area contributed by atoms with E-state index in [4.69, 9.17) is 0 Å². The van der Waals surface area contributed by atoms with Gasteiger partial charge in [-0.25, -0.2) is 9.97 Å². The quantitative estimate of drug-likeness (QED) is 0.874. The monoisotopic (exact) mass is 271 g/mol. The Kier molecular flexibility index (Phi) is 4.87. The van der Waals surface area contributed by atoms with E-state index in [0.717, 1.165) is 24.6 Å². The number of rotatable bonds is 6. The van der Waals surface area contributed by atoms with Crippen molar-refractivity contribution in [3.05, 3.63) is 42.5 Å². The highest BCUT2D eigenvalue weighted by atomic mass is 15.2. The van der Waals surface area contributed by atoms with Gasteiger partial charge in [0.1, 0.15) is 18.0 Å². The summed E-state index contributed by atoms with van der Waals surface area (Å²) in [5.74, 6) is 1.78. The Morgan fingerprint density at radius 2 is 2.20 bits per heavy atom. The number of nitrogens with zero attached hydrogens (tertiary/aromatic N) is 4. The molecule has 2 aromatic rings. The molecule has 0 aliphatic rings. The van der Waals surface area contributed by atoms with Crippen molar-refractivity contribution in [3.63, 3.8) is 0 Å². The van der Waals surface area contributed by atoms with Crippen LogP contribution in [-0.4, -0.2) is 34.6 Å². The van der Waals surface area contributed by atoms with Crippen LogP contribution in [0.5, 0.6) is 0 Å². The van der Waals surface area contributed by atoms with Crippen molar-refractivity contribution in [1.29, 1.82) is 0 Å². The lowest BCUT2D eigenvalue weighted by molar-refractivity contribution is 0.779. The second-order valence-corrected chi connectivity index (χ2v) is 4.89. The van der Waals surface area contributed by atoms with E-state index in [0.29, 0.717) is 0 Å². The number of nitrogens with one attached hydrogen (secondary N) is 1. The summed E-state index contributed by atoms with van der Waals surface area (Å²) in [6.45, 7) is 5.15. The lowest BCUT2D eigenvalue weighted by Gasteiger charge is -2.18. The maximum Gasteiger partial charge on any atom is 0.133 e. The van der Waals surface area contributed by atoms with Crippen LogP contribution in [0.4, 0.5) is 11.6 Å². The van der Waals surface area contributed by atoms with Crippen LogP contribution in [0.25, 0.3) is 0 Å². The molecule has 0 aliphatic heterocycles. The highest BCUT2D eigenvalue weighted by Gasteiger charge is 2.07. The Bertz CT molecular complexity index is 529. The average molecular weight is 271 g/mol. The molecular weight excluding hydrogens is 250 g/mol. The standard InChI is InChI=1S/C15H21N5/c1-4-20(3)15-9-14(17-11-18-15)19-12(2)8-13-6-5-7-16-10-13/h5-7,9-12H,4,8H2,1-3H3,(H,17,18,19). The van der Waals surface area contributed by atoms with E-state index in [1.165, 1.54) is 5.56 Å². The molecule has 1 N–H and O–H groups in total. The molecule has 2 aromatic heterocycles. The van der Waals surface area contributed by atoms with Gasteiger partial charge in [0.05, 0.1) is 0 Å². The fourth-order valence-electron chi connectivity index (χ4n) is 1.97. The Hall–Kier alpha value is -2.17. The molecule has 5 nitrogen and oxygen atoms in total. The highest BCUT2D eigenvalue weighted by molar-refractivity contribution is 5.48. The summed E-state index contributed by atoms with van der Waals surface area (Å²) in [6.07, 6.45) is 6.20. The van der Waals surface area contributed by atoms with Gasteiger partial charge in [0.2, 0.25) is 0 Å². The average Bonchev–Trinajstić information content (AvgIpc) is 2.47. The van der Waals surface area contributed by atoms with E-state index in [1.54, 1.807) is 12.5 Å². The van der Waals surface area contributed by atoms with E-state index >= 15 is 0 Å². The van der Waals surface area contributed by atoms with Crippen molar-refractivity contribution < 1.29 is 0 Å². The van der Waals surface area contributed by atoms with Gasteiger partial charge in [0.15, 0.2) is 0 Å². The molecule has 106 valence electrons. The van der Waals surface area contributed by atoms with Crippen LogP contribution >= 0.6 is 0 Å². The summed E-state index contributed by atoms with van der Waals surface area (Å²) in [5, 5.41) is 3.40. The van der Waals surface area contributed by atoms with Gasteiger partial charge in [-0.3, -0.25) is 4.98 Å². The van der Waals surface area contributed by atoms with E-state index in [2.05, 4.69) is 45.1 Å². The van der Waals surface area contributed by atoms with Crippen LogP contribution in [0.2, 0.25) is 0 Å². The van der Waals surface area contributed by atoms with Crippen molar-refractivity contribution in [3.8, 4) is 0 Å². The molecule has 0 spiro atoms. The van der Waals surface area contributed by atoms with Crippen LogP contribution in [0.1, 0.15) is 19.4 Å². The van der Waals surface area contributed by atoms with Crippen LogP contribution < -0.4 is 10.2 Å². The Morgan fingerprint density at radius 1 is 1.35 bits per heavy atom. The smallest absolute Gasteiger partial charge is 0.133 e. The van der Waals surface area contributed by atoms with Gasteiger partial charge < -0.3 is 10.2 Å². The van der Waals surface area contributed by atoms with E-state index < -0.39 is 0 Å². The van der Waals surface area contributed by atoms with Crippen molar-refractivity contribution in [1.82, 2.24) is 15.0 Å². The maximum absolute atomic E-state index is 4.27. The molecule has 0 saturated heterocycles. The van der Waals surface area contributed by atoms with Crippen molar-refractivity contribution in [2.75, 3.05) is 23.8 Å². The minimum Gasteiger partial charge on any atom is -0.367 e. The van der Waals surface area contributed by atoms with Gasteiger partial charge in [-0.05, 0) is 31.9 Å². The SMILES string of the molecule is CCN(C)c1cc(NC(C)Cc2cccnc2)ncn1. The Morgan fingerprint density at radius 3 is 2.90 bits per heavy atom. The third-order valence-corrected chi connectivity index (χ3v) is 3.18. The zero-order valence-corrected chi connectivity index (χ0v) is 12.2. The van der Waals surface area contributed by atoms with Crippen LogP contribution in [0, 0.1) is 0 Å². The zero-order valence-electron chi connectivity index (χ0n) is 12.2. The molecule has 0 aromatic carbocycles. The third kappa shape index (κ3) is 3.91. The zero-order chi connectivity index (χ0) is 14.4. The molecule has 1 atom stereocenters. The molecule has 0 bridgehead atoms. The second-order valence-electron chi connectivity index (χ2n) is 4.89. The first kappa shape index (κ1) is 14.2. The highest BCUT2D eigenvalue weighted by Crippen LogP contribution is 2.14. The van der Waals surface area contributed by atoms with Gasteiger partial charge in [-0.15, -0.1) is 0 Å². The largest absolute Gasteiger partial charge is 0.367 e. The second kappa shape index (κ2) is 6.84. The van der Waals surface area contributed by atoms with Crippen LogP contribution in [0.3, 0.4) is 0 Å². The Balaban J connectivity index is 1.99. The number of hydrogen-bond donors (Lipinski definition) is 1. The molecule has 5 heteroatoms. The predicted octanol–water partition coefficient (Wildman–Crippen LogP) is 2.37. The first-order valence-electron chi connectivity index (χ1n) is 6.87. The molecular formula is C15H21N5. The van der Waals surface area contributed by atoms with E-state index in [-0.39, 0.29) is 6.04 Å². The number of anilines is 2. The first-order valence-corrected chi connectivity index (χ1v) is 6.87. The van der Waals surface area contributed by atoms with Crippen molar-refractivity contribution in [2.24, 2.45) is 0 Å². The number of aromatic nitrogens is 3. The molecule has 0 fully saturated rings. The summed E-state index contributed by atoms with van der Waals surface area (Å²) < 4.78 is 0. The van der Waals surface area contributed by atoms with Gasteiger partial charge in [0, 0.05) is 38.1 Å². The topological polar surface area (TPSA) is 53.9 Å². The van der Waals surface area contributed by atoms with E-state index in [1.807, 2.05) is 25.4 Å². The fourth-order valence-corrected chi connectivity index (χ4v) is 1.97. The molecule has 20 heavy (non-hydrogen) atoms. The van der Waals surface area contributed by atoms with Crippen molar-refractivity contribution in [2.45, 2.75) is 26.3 Å². The van der Waals surface area contributed by atoms with Gasteiger partial charge in [0.25, 0.3) is 0 Å². The Labute approximate surface area is 120 Å². The molecule has 0 radical (unpaired) electrons. The summed E-state index contributed by atoms with van der Waals surface area (Å²) in [6, 6.07) is 6.31. The summed E-state index contributed by atoms with van der Waals surface area (Å²) >= 11 is 0. The molecule has 0 saturated carbocycles. The summed E-state index contributed by atoms with van der Waals surface area (Å²) in [5.41, 5.74) is 1.22. The first-order chi connectivity index (χ1) is 9.69. The van der Waals surface area contributed by atoms with Crippen molar-refractivity contribution >= 4 is 11.6 Å². The number of hydrogen-bond acceptors (Lipinski definition) is 5. The lowest BCUT2D eigenvalue weighted by Crippen LogP contribution is -2.21. The fraction of sp³-hybridized carbons (Fsp3) is 0.400. The minimum absolute atomic E-state index is 0.286. The van der Waals surface area contributed by atoms with Gasteiger partial charge in [-0.2, -0.15) is 0 Å². The normalized spacial score (nSPS) is 11.9. The maximum atomic E-state index is 4.27. The van der Waals surface area contributed by atoms with Crippen LogP contribution in [-0.2, 0) is 6.42 Å². The van der Waals surface area contributed by atoms with E-state index in [9.17, 15) is 0 Å². The molecule has 1 unspecified atom stereocenters. The molecule has 2 heterocycles. The molecule has 2 rings (SSSR count). The van der Waals surface area contributed by atoms with Crippen LogP contribution in [0.15, 0.2) is 36.9 Å². The summed E-state index contributed by atoms with van der Waals surface area (Å²) in [4.78, 5) is 14.8.